The molecule has 5 rings (SSSR count). The zero-order valence-electron chi connectivity index (χ0n) is 20.2. The van der Waals surface area contributed by atoms with E-state index in [1.54, 1.807) is 21.5 Å². The summed E-state index contributed by atoms with van der Waals surface area (Å²) in [5.41, 5.74) is 4.68. The maximum Gasteiger partial charge on any atom is 0.276 e. The Hall–Kier alpha value is -4.13. The number of nitrogens with zero attached hydrogens (tertiary/aromatic N) is 4. The van der Waals surface area contributed by atoms with Crippen LogP contribution in [0.5, 0.6) is 5.75 Å². The van der Waals surface area contributed by atoms with Crippen molar-refractivity contribution >= 4 is 5.52 Å². The van der Waals surface area contributed by atoms with Crippen molar-refractivity contribution < 1.29 is 9.15 Å². The Bertz CT molecular complexity index is 1540. The summed E-state index contributed by atoms with van der Waals surface area (Å²) in [4.78, 5) is 18.0. The lowest BCUT2D eigenvalue weighted by Gasteiger charge is -2.09. The second-order valence-corrected chi connectivity index (χ2v) is 8.63. The summed E-state index contributed by atoms with van der Waals surface area (Å²) in [5.74, 6) is 2.03. The highest BCUT2D eigenvalue weighted by molar-refractivity contribution is 5.71. The van der Waals surface area contributed by atoms with Gasteiger partial charge in [-0.15, -0.1) is 0 Å². The third-order valence-electron chi connectivity index (χ3n) is 6.11. The van der Waals surface area contributed by atoms with E-state index >= 15 is 0 Å². The fourth-order valence-electron chi connectivity index (χ4n) is 4.08. The first-order chi connectivity index (χ1) is 17.0. The molecular formula is C28H28N4O3. The number of unbranched alkanes of at least 4 members (excludes halogenated alkanes) is 1. The van der Waals surface area contributed by atoms with E-state index in [1.165, 1.54) is 0 Å². The molecule has 7 heteroatoms. The van der Waals surface area contributed by atoms with Crippen LogP contribution < -0.4 is 10.3 Å². The normalized spacial score (nSPS) is 11.3. The first kappa shape index (κ1) is 22.7. The third kappa shape index (κ3) is 4.49. The Labute approximate surface area is 203 Å². The summed E-state index contributed by atoms with van der Waals surface area (Å²) in [5, 5.41) is 4.64. The standard InChI is InChI=1S/C28H28N4O3/c1-4-5-16-34-26-13-9-8-12-22(26)23-17-25-28(33)31(14-15-32(25)30-23)18-24-20(3)35-27(29-24)21-11-7-6-10-19(21)2/h6-15,17H,4-5,16,18H2,1-3H3. The lowest BCUT2D eigenvalue weighted by atomic mass is 10.1. The molecule has 0 fully saturated rings. The summed E-state index contributed by atoms with van der Waals surface area (Å²) in [6.45, 7) is 6.99. The molecule has 0 aliphatic carbocycles. The van der Waals surface area contributed by atoms with E-state index in [2.05, 4.69) is 12.0 Å². The van der Waals surface area contributed by atoms with E-state index in [-0.39, 0.29) is 5.56 Å². The van der Waals surface area contributed by atoms with Gasteiger partial charge in [0.15, 0.2) is 0 Å². The molecule has 0 bridgehead atoms. The summed E-state index contributed by atoms with van der Waals surface area (Å²) in [6, 6.07) is 17.6. The summed E-state index contributed by atoms with van der Waals surface area (Å²) < 4.78 is 15.2. The molecule has 0 saturated heterocycles. The lowest BCUT2D eigenvalue weighted by molar-refractivity contribution is 0.310. The van der Waals surface area contributed by atoms with Gasteiger partial charge in [0.25, 0.3) is 5.56 Å². The van der Waals surface area contributed by atoms with Gasteiger partial charge in [-0.2, -0.15) is 5.10 Å². The molecule has 0 amide bonds. The molecule has 5 aromatic rings. The molecule has 2 aromatic carbocycles. The van der Waals surface area contributed by atoms with Crippen LogP contribution >= 0.6 is 0 Å². The van der Waals surface area contributed by atoms with E-state index < -0.39 is 0 Å². The molecule has 0 aliphatic heterocycles. The predicted molar refractivity (Wildman–Crippen MR) is 136 cm³/mol. The monoisotopic (exact) mass is 468 g/mol. The highest BCUT2D eigenvalue weighted by Gasteiger charge is 2.16. The van der Waals surface area contributed by atoms with Crippen LogP contribution in [0.2, 0.25) is 0 Å². The fourth-order valence-corrected chi connectivity index (χ4v) is 4.08. The van der Waals surface area contributed by atoms with Crippen molar-refractivity contribution in [2.24, 2.45) is 0 Å². The maximum absolute atomic E-state index is 13.3. The van der Waals surface area contributed by atoms with Crippen LogP contribution in [0, 0.1) is 13.8 Å². The Morgan fingerprint density at radius 1 is 1.00 bits per heavy atom. The summed E-state index contributed by atoms with van der Waals surface area (Å²) in [7, 11) is 0. The van der Waals surface area contributed by atoms with E-state index in [4.69, 9.17) is 14.1 Å². The largest absolute Gasteiger partial charge is 0.493 e. The molecule has 0 atom stereocenters. The first-order valence-electron chi connectivity index (χ1n) is 11.9. The van der Waals surface area contributed by atoms with Gasteiger partial charge in [0.1, 0.15) is 22.7 Å². The van der Waals surface area contributed by atoms with Crippen LogP contribution in [0.3, 0.4) is 0 Å². The Morgan fingerprint density at radius 2 is 1.77 bits per heavy atom. The molecule has 3 heterocycles. The van der Waals surface area contributed by atoms with Gasteiger partial charge in [0.05, 0.1) is 18.8 Å². The van der Waals surface area contributed by atoms with Gasteiger partial charge in [0, 0.05) is 23.5 Å². The van der Waals surface area contributed by atoms with Crippen molar-refractivity contribution in [3.63, 3.8) is 0 Å². The van der Waals surface area contributed by atoms with Crippen molar-refractivity contribution in [1.82, 2.24) is 19.2 Å². The SMILES string of the molecule is CCCCOc1ccccc1-c1cc2c(=O)n(Cc3nc(-c4ccccc4C)oc3C)ccn2n1. The number of oxazole rings is 1. The first-order valence-corrected chi connectivity index (χ1v) is 11.9. The molecule has 35 heavy (non-hydrogen) atoms. The summed E-state index contributed by atoms with van der Waals surface area (Å²) >= 11 is 0. The average molecular weight is 469 g/mol. The maximum atomic E-state index is 13.3. The number of hydrogen-bond acceptors (Lipinski definition) is 5. The van der Waals surface area contributed by atoms with Crippen LogP contribution in [0.4, 0.5) is 0 Å². The van der Waals surface area contributed by atoms with E-state index in [0.717, 1.165) is 41.0 Å². The van der Waals surface area contributed by atoms with Crippen LogP contribution in [-0.4, -0.2) is 25.8 Å². The number of fused-ring (bicyclic) bond motifs is 1. The third-order valence-corrected chi connectivity index (χ3v) is 6.11. The molecule has 7 nitrogen and oxygen atoms in total. The highest BCUT2D eigenvalue weighted by atomic mass is 16.5. The molecule has 178 valence electrons. The zero-order valence-corrected chi connectivity index (χ0v) is 20.2. The molecule has 0 unspecified atom stereocenters. The van der Waals surface area contributed by atoms with E-state index in [1.807, 2.05) is 68.4 Å². The average Bonchev–Trinajstić information content (AvgIpc) is 3.46. The minimum Gasteiger partial charge on any atom is -0.493 e. The quantitative estimate of drug-likeness (QED) is 0.275. The minimum absolute atomic E-state index is 0.143. The van der Waals surface area contributed by atoms with Crippen molar-refractivity contribution in [3.8, 4) is 28.5 Å². The van der Waals surface area contributed by atoms with Crippen molar-refractivity contribution in [2.75, 3.05) is 6.61 Å². The Balaban J connectivity index is 1.46. The van der Waals surface area contributed by atoms with Gasteiger partial charge < -0.3 is 13.7 Å². The molecule has 0 radical (unpaired) electrons. The smallest absolute Gasteiger partial charge is 0.276 e. The van der Waals surface area contributed by atoms with Gasteiger partial charge in [-0.3, -0.25) is 4.79 Å². The van der Waals surface area contributed by atoms with E-state index in [9.17, 15) is 4.79 Å². The second-order valence-electron chi connectivity index (χ2n) is 8.63. The molecule has 3 aromatic heterocycles. The van der Waals surface area contributed by atoms with Crippen molar-refractivity contribution in [3.05, 3.63) is 94.4 Å². The molecule has 0 spiro atoms. The van der Waals surface area contributed by atoms with E-state index in [0.29, 0.717) is 36.0 Å². The number of ether oxygens (including phenoxy) is 1. The van der Waals surface area contributed by atoms with Gasteiger partial charge in [-0.25, -0.2) is 9.50 Å². The molecule has 0 N–H and O–H groups in total. The van der Waals surface area contributed by atoms with Gasteiger partial charge in [0.2, 0.25) is 5.89 Å². The zero-order chi connectivity index (χ0) is 24.4. The molecule has 0 aliphatic rings. The lowest BCUT2D eigenvalue weighted by Crippen LogP contribution is -2.22. The topological polar surface area (TPSA) is 74.6 Å². The number of hydrogen-bond donors (Lipinski definition) is 0. The van der Waals surface area contributed by atoms with Crippen molar-refractivity contribution in [2.45, 2.75) is 40.2 Å². The van der Waals surface area contributed by atoms with Crippen molar-refractivity contribution in [1.29, 1.82) is 0 Å². The fraction of sp³-hybridized carbons (Fsp3) is 0.250. The predicted octanol–water partition coefficient (Wildman–Crippen LogP) is 5.66. The van der Waals surface area contributed by atoms with Gasteiger partial charge >= 0.3 is 0 Å². The second kappa shape index (κ2) is 9.62. The van der Waals surface area contributed by atoms with Crippen LogP contribution in [0.15, 0.2) is 76.2 Å². The highest BCUT2D eigenvalue weighted by Crippen LogP contribution is 2.29. The minimum atomic E-state index is -0.143. The number of aromatic nitrogens is 4. The Morgan fingerprint density at radius 3 is 2.57 bits per heavy atom. The number of benzene rings is 2. The molecule has 0 saturated carbocycles. The van der Waals surface area contributed by atoms with Gasteiger partial charge in [-0.1, -0.05) is 43.7 Å². The molecular weight excluding hydrogens is 440 g/mol. The number of rotatable bonds is 8. The van der Waals surface area contributed by atoms with Gasteiger partial charge in [-0.05, 0) is 50.1 Å². The van der Waals surface area contributed by atoms with Crippen LogP contribution in [-0.2, 0) is 6.54 Å². The number of aryl methyl sites for hydroxylation is 2. The number of para-hydroxylation sites is 1. The van der Waals surface area contributed by atoms with Crippen LogP contribution in [0.25, 0.3) is 28.2 Å². The summed E-state index contributed by atoms with van der Waals surface area (Å²) in [6.07, 6.45) is 5.57. The van der Waals surface area contributed by atoms with Crippen LogP contribution in [0.1, 0.15) is 36.8 Å². The Kier molecular flexibility index (Phi) is 6.23.